The van der Waals surface area contributed by atoms with E-state index in [0.717, 1.165) is 5.56 Å². The summed E-state index contributed by atoms with van der Waals surface area (Å²) in [6.07, 6.45) is 0.537. The molecule has 0 saturated carbocycles. The summed E-state index contributed by atoms with van der Waals surface area (Å²) in [4.78, 5) is 11.5. The van der Waals surface area contributed by atoms with Gasteiger partial charge in [0.15, 0.2) is 0 Å². The van der Waals surface area contributed by atoms with E-state index in [2.05, 4.69) is 4.74 Å². The van der Waals surface area contributed by atoms with Crippen LogP contribution in [0.5, 0.6) is 5.75 Å². The maximum absolute atomic E-state index is 11.5. The van der Waals surface area contributed by atoms with Crippen LogP contribution < -0.4 is 4.74 Å². The summed E-state index contributed by atoms with van der Waals surface area (Å²) in [7, 11) is 1.27. The van der Waals surface area contributed by atoms with E-state index in [1.165, 1.54) is 7.11 Å². The van der Waals surface area contributed by atoms with Gasteiger partial charge in [0, 0.05) is 12.0 Å². The Kier molecular flexibility index (Phi) is 3.10. The fourth-order valence-electron chi connectivity index (χ4n) is 1.84. The molecule has 86 valence electrons. The number of nitrogens with zero attached hydrogens (tertiary/aromatic N) is 1. The van der Waals surface area contributed by atoms with Crippen molar-refractivity contribution in [2.75, 3.05) is 13.7 Å². The lowest BCUT2D eigenvalue weighted by Gasteiger charge is -2.20. The lowest BCUT2D eigenvalue weighted by Crippen LogP contribution is -2.13. The molecule has 1 aromatic carbocycles. The van der Waals surface area contributed by atoms with Gasteiger partial charge in [-0.2, -0.15) is 5.26 Å². The van der Waals surface area contributed by atoms with Crippen LogP contribution in [0, 0.1) is 11.3 Å². The Bertz CT molecular complexity index is 526. The van der Waals surface area contributed by atoms with E-state index < -0.39 is 5.97 Å². The molecule has 0 aliphatic carbocycles. The fraction of sp³-hybridized carbons (Fsp3) is 0.231. The van der Waals surface area contributed by atoms with Crippen LogP contribution in [0.4, 0.5) is 0 Å². The molecule has 1 heterocycles. The van der Waals surface area contributed by atoms with Crippen LogP contribution in [0.1, 0.15) is 12.0 Å². The van der Waals surface area contributed by atoms with Gasteiger partial charge in [-0.3, -0.25) is 0 Å². The average molecular weight is 229 g/mol. The second-order valence-electron chi connectivity index (χ2n) is 3.55. The molecule has 0 radical (unpaired) electrons. The van der Waals surface area contributed by atoms with E-state index in [9.17, 15) is 4.79 Å². The average Bonchev–Trinajstić information content (AvgIpc) is 2.39. The second kappa shape index (κ2) is 4.71. The predicted molar refractivity (Wildman–Crippen MR) is 61.1 cm³/mol. The van der Waals surface area contributed by atoms with E-state index >= 15 is 0 Å². The molecule has 0 unspecified atom stereocenters. The van der Waals surface area contributed by atoms with Crippen molar-refractivity contribution in [2.24, 2.45) is 0 Å². The van der Waals surface area contributed by atoms with Gasteiger partial charge in [0.05, 0.1) is 13.7 Å². The molecule has 0 N–H and O–H groups in total. The largest absolute Gasteiger partial charge is 0.493 e. The van der Waals surface area contributed by atoms with Crippen molar-refractivity contribution in [3.63, 3.8) is 0 Å². The number of benzene rings is 1. The number of fused-ring (bicyclic) bond motifs is 1. The number of methoxy groups -OCH3 is 1. The Balaban J connectivity index is 2.58. The highest BCUT2D eigenvalue weighted by atomic mass is 16.5. The highest BCUT2D eigenvalue weighted by Gasteiger charge is 2.22. The number of carbonyl (C=O) groups excluding carboxylic acids is 1. The third-order valence-corrected chi connectivity index (χ3v) is 2.62. The number of hydrogen-bond acceptors (Lipinski definition) is 4. The van der Waals surface area contributed by atoms with Crippen molar-refractivity contribution in [2.45, 2.75) is 6.42 Å². The van der Waals surface area contributed by atoms with Gasteiger partial charge in [-0.25, -0.2) is 4.79 Å². The van der Waals surface area contributed by atoms with Crippen molar-refractivity contribution >= 4 is 11.5 Å². The molecule has 0 saturated heterocycles. The minimum absolute atomic E-state index is 0.0586. The lowest BCUT2D eigenvalue weighted by molar-refractivity contribution is -0.135. The van der Waals surface area contributed by atoms with Crippen LogP contribution in [0.2, 0.25) is 0 Å². The molecule has 2 rings (SSSR count). The quantitative estimate of drug-likeness (QED) is 0.419. The van der Waals surface area contributed by atoms with Gasteiger partial charge >= 0.3 is 5.97 Å². The van der Waals surface area contributed by atoms with E-state index in [-0.39, 0.29) is 5.57 Å². The third kappa shape index (κ3) is 2.00. The molecular formula is C13H11NO3. The molecule has 0 aromatic heterocycles. The monoisotopic (exact) mass is 229 g/mol. The zero-order chi connectivity index (χ0) is 12.3. The molecule has 0 spiro atoms. The van der Waals surface area contributed by atoms with Gasteiger partial charge < -0.3 is 9.47 Å². The van der Waals surface area contributed by atoms with Crippen LogP contribution in [-0.2, 0) is 9.53 Å². The smallest absolute Gasteiger partial charge is 0.348 e. The first kappa shape index (κ1) is 11.2. The zero-order valence-electron chi connectivity index (χ0n) is 9.40. The Morgan fingerprint density at radius 3 is 2.94 bits per heavy atom. The first-order valence-electron chi connectivity index (χ1n) is 5.21. The summed E-state index contributed by atoms with van der Waals surface area (Å²) >= 11 is 0. The van der Waals surface area contributed by atoms with Gasteiger partial charge in [-0.05, 0) is 11.6 Å². The molecule has 0 atom stereocenters. The summed E-state index contributed by atoms with van der Waals surface area (Å²) in [5.41, 5.74) is 1.55. The van der Waals surface area contributed by atoms with Crippen molar-refractivity contribution in [3.05, 3.63) is 35.4 Å². The maximum Gasteiger partial charge on any atom is 0.348 e. The summed E-state index contributed by atoms with van der Waals surface area (Å²) in [5, 5.41) is 9.06. The minimum atomic E-state index is -0.598. The molecule has 0 bridgehead atoms. The first-order chi connectivity index (χ1) is 8.27. The van der Waals surface area contributed by atoms with E-state index in [0.29, 0.717) is 24.4 Å². The minimum Gasteiger partial charge on any atom is -0.493 e. The Morgan fingerprint density at radius 1 is 1.47 bits per heavy atom. The second-order valence-corrected chi connectivity index (χ2v) is 3.55. The van der Waals surface area contributed by atoms with E-state index in [1.54, 1.807) is 0 Å². The number of esters is 1. The molecular weight excluding hydrogens is 218 g/mol. The predicted octanol–water partition coefficient (Wildman–Crippen LogP) is 1.92. The molecule has 4 heteroatoms. The zero-order valence-corrected chi connectivity index (χ0v) is 9.40. The Morgan fingerprint density at radius 2 is 2.24 bits per heavy atom. The highest BCUT2D eigenvalue weighted by Crippen LogP contribution is 2.34. The molecule has 1 aliphatic rings. The molecule has 0 amide bonds. The standard InChI is InChI=1S/C13H11NO3/c1-16-13(15)11(8-14)9-6-7-17-12-5-3-2-4-10(9)12/h2-5H,6-7H2,1H3/b11-9-. The van der Waals surface area contributed by atoms with Crippen LogP contribution in [-0.4, -0.2) is 19.7 Å². The molecule has 1 aliphatic heterocycles. The number of para-hydroxylation sites is 1. The van der Waals surface area contributed by atoms with Gasteiger partial charge in [0.1, 0.15) is 17.4 Å². The van der Waals surface area contributed by atoms with Crippen molar-refractivity contribution in [3.8, 4) is 11.8 Å². The number of rotatable bonds is 1. The number of carbonyl (C=O) groups is 1. The molecule has 0 fully saturated rings. The topological polar surface area (TPSA) is 59.3 Å². The number of nitriles is 1. The Labute approximate surface area is 99.1 Å². The third-order valence-electron chi connectivity index (χ3n) is 2.62. The van der Waals surface area contributed by atoms with Gasteiger partial charge in [-0.15, -0.1) is 0 Å². The molecule has 1 aromatic rings. The van der Waals surface area contributed by atoms with Crippen LogP contribution in [0.25, 0.3) is 5.57 Å². The van der Waals surface area contributed by atoms with Crippen LogP contribution >= 0.6 is 0 Å². The first-order valence-corrected chi connectivity index (χ1v) is 5.21. The summed E-state index contributed by atoms with van der Waals surface area (Å²) in [6, 6.07) is 9.27. The number of ether oxygens (including phenoxy) is 2. The van der Waals surface area contributed by atoms with E-state index in [1.807, 2.05) is 30.3 Å². The Hall–Kier alpha value is -2.28. The normalized spacial score (nSPS) is 16.2. The number of hydrogen-bond donors (Lipinski definition) is 0. The van der Waals surface area contributed by atoms with Gasteiger partial charge in [0.25, 0.3) is 0 Å². The molecule has 4 nitrogen and oxygen atoms in total. The van der Waals surface area contributed by atoms with Crippen molar-refractivity contribution in [1.82, 2.24) is 0 Å². The van der Waals surface area contributed by atoms with Crippen molar-refractivity contribution in [1.29, 1.82) is 5.26 Å². The molecule has 17 heavy (non-hydrogen) atoms. The summed E-state index contributed by atoms with van der Waals surface area (Å²) in [5.74, 6) is 0.101. The lowest BCUT2D eigenvalue weighted by atomic mass is 9.95. The van der Waals surface area contributed by atoms with Crippen LogP contribution in [0.15, 0.2) is 29.8 Å². The maximum atomic E-state index is 11.5. The van der Waals surface area contributed by atoms with Gasteiger partial charge in [0.2, 0.25) is 0 Å². The van der Waals surface area contributed by atoms with E-state index in [4.69, 9.17) is 10.00 Å². The summed E-state index contributed by atoms with van der Waals surface area (Å²) in [6.45, 7) is 0.467. The van der Waals surface area contributed by atoms with Crippen LogP contribution in [0.3, 0.4) is 0 Å². The van der Waals surface area contributed by atoms with Crippen molar-refractivity contribution < 1.29 is 14.3 Å². The highest BCUT2D eigenvalue weighted by molar-refractivity contribution is 6.02. The summed E-state index contributed by atoms with van der Waals surface area (Å²) < 4.78 is 10.1. The SMILES string of the molecule is COC(=O)/C(C#N)=C1/CCOc2ccccc21. The fourth-order valence-corrected chi connectivity index (χ4v) is 1.84. The van der Waals surface area contributed by atoms with Gasteiger partial charge in [-0.1, -0.05) is 18.2 Å².